The molecule has 0 fully saturated rings. The fourth-order valence-electron chi connectivity index (χ4n) is 1.93. The quantitative estimate of drug-likeness (QED) is 0.420. The second kappa shape index (κ2) is 6.90. The van der Waals surface area contributed by atoms with Gasteiger partial charge in [0.2, 0.25) is 0 Å². The van der Waals surface area contributed by atoms with Gasteiger partial charge in [-0.2, -0.15) is 11.3 Å². The molecule has 4 rings (SSSR count). The van der Waals surface area contributed by atoms with Crippen molar-refractivity contribution in [3.8, 4) is 22.2 Å². The SMILES string of the molecule is O=C(OCc1nnc(-c2ccc(Br)o2)o1)c1csc(-c2ccsc2)n1. The Hall–Kier alpha value is -2.30. The minimum atomic E-state index is -0.543. The van der Waals surface area contributed by atoms with Crippen molar-refractivity contribution in [2.24, 2.45) is 0 Å². The van der Waals surface area contributed by atoms with E-state index in [-0.39, 0.29) is 24.1 Å². The van der Waals surface area contributed by atoms with Crippen LogP contribution in [0.25, 0.3) is 22.2 Å². The zero-order valence-corrected chi connectivity index (χ0v) is 15.6. The number of furan rings is 1. The number of nitrogens with zero attached hydrogens (tertiary/aromatic N) is 3. The maximum atomic E-state index is 12.1. The smallest absolute Gasteiger partial charge is 0.358 e. The van der Waals surface area contributed by atoms with Crippen LogP contribution >= 0.6 is 38.6 Å². The van der Waals surface area contributed by atoms with Crippen LogP contribution in [0, 0.1) is 0 Å². The minimum Gasteiger partial charge on any atom is -0.451 e. The fourth-order valence-corrected chi connectivity index (χ4v) is 3.74. The largest absolute Gasteiger partial charge is 0.451 e. The van der Waals surface area contributed by atoms with Gasteiger partial charge in [0.15, 0.2) is 22.7 Å². The lowest BCUT2D eigenvalue weighted by molar-refractivity contribution is 0.0432. The second-order valence-electron chi connectivity index (χ2n) is 4.73. The molecule has 0 bridgehead atoms. The maximum absolute atomic E-state index is 12.1. The van der Waals surface area contributed by atoms with E-state index in [1.54, 1.807) is 28.8 Å². The van der Waals surface area contributed by atoms with Crippen LogP contribution in [0.4, 0.5) is 0 Å². The second-order valence-corrected chi connectivity index (χ2v) is 7.15. The highest BCUT2D eigenvalue weighted by Crippen LogP contribution is 2.26. The zero-order valence-electron chi connectivity index (χ0n) is 12.3. The summed E-state index contributed by atoms with van der Waals surface area (Å²) in [6.45, 7) is -0.140. The van der Waals surface area contributed by atoms with Crippen molar-refractivity contribution in [2.45, 2.75) is 6.61 Å². The summed E-state index contributed by atoms with van der Waals surface area (Å²) in [7, 11) is 0. The molecule has 4 aromatic heterocycles. The summed E-state index contributed by atoms with van der Waals surface area (Å²) in [6, 6.07) is 5.35. The number of thiophene rings is 1. The Morgan fingerprint density at radius 3 is 2.88 bits per heavy atom. The molecule has 0 N–H and O–H groups in total. The number of hydrogen-bond acceptors (Lipinski definition) is 9. The number of carbonyl (C=O) groups excluding carboxylic acids is 1. The topological polar surface area (TPSA) is 91.2 Å². The fraction of sp³-hybridized carbons (Fsp3) is 0.0667. The molecule has 10 heteroatoms. The molecule has 0 atom stereocenters. The van der Waals surface area contributed by atoms with E-state index in [1.165, 1.54) is 11.3 Å². The van der Waals surface area contributed by atoms with Gasteiger partial charge in [0.1, 0.15) is 5.01 Å². The molecule has 0 aliphatic rings. The number of hydrogen-bond donors (Lipinski definition) is 0. The van der Waals surface area contributed by atoms with Crippen molar-refractivity contribution in [1.82, 2.24) is 15.2 Å². The first-order chi connectivity index (χ1) is 12.2. The molecule has 0 saturated carbocycles. The molecular formula is C15H8BrN3O4S2. The van der Waals surface area contributed by atoms with Gasteiger partial charge in [-0.3, -0.25) is 0 Å². The Morgan fingerprint density at radius 2 is 2.12 bits per heavy atom. The number of ether oxygens (including phenoxy) is 1. The van der Waals surface area contributed by atoms with Crippen molar-refractivity contribution >= 4 is 44.6 Å². The molecule has 0 aromatic carbocycles. The third kappa shape index (κ3) is 3.55. The summed E-state index contributed by atoms with van der Waals surface area (Å²) in [6.07, 6.45) is 0. The van der Waals surface area contributed by atoms with Crippen molar-refractivity contribution in [3.63, 3.8) is 0 Å². The number of esters is 1. The molecule has 4 heterocycles. The predicted molar refractivity (Wildman–Crippen MR) is 94.2 cm³/mol. The molecule has 25 heavy (non-hydrogen) atoms. The van der Waals surface area contributed by atoms with E-state index in [9.17, 15) is 4.79 Å². The highest BCUT2D eigenvalue weighted by Gasteiger charge is 2.17. The number of halogens is 1. The molecule has 0 saturated heterocycles. The minimum absolute atomic E-state index is 0.140. The first kappa shape index (κ1) is 16.2. The molecule has 4 aromatic rings. The number of carbonyl (C=O) groups is 1. The monoisotopic (exact) mass is 437 g/mol. The molecule has 0 amide bonds. The highest BCUT2D eigenvalue weighted by molar-refractivity contribution is 9.10. The Labute approximate surface area is 157 Å². The molecular weight excluding hydrogens is 430 g/mol. The summed E-state index contributed by atoms with van der Waals surface area (Å²) < 4.78 is 16.4. The van der Waals surface area contributed by atoms with Crippen LogP contribution < -0.4 is 0 Å². The van der Waals surface area contributed by atoms with Crippen LogP contribution in [-0.2, 0) is 11.3 Å². The standard InChI is InChI=1S/C15H8BrN3O4S2/c16-11-2-1-10(22-11)13-19-18-12(23-13)5-21-15(20)9-7-25-14(17-9)8-3-4-24-6-8/h1-4,6-7H,5H2. The highest BCUT2D eigenvalue weighted by atomic mass is 79.9. The number of aromatic nitrogens is 3. The van der Waals surface area contributed by atoms with Crippen LogP contribution in [0.2, 0.25) is 0 Å². The van der Waals surface area contributed by atoms with Crippen molar-refractivity contribution in [2.75, 3.05) is 0 Å². The summed E-state index contributed by atoms with van der Waals surface area (Å²) in [5.41, 5.74) is 1.24. The third-order valence-electron chi connectivity index (χ3n) is 3.06. The normalized spacial score (nSPS) is 10.9. The van der Waals surface area contributed by atoms with Gasteiger partial charge in [-0.25, -0.2) is 9.78 Å². The summed E-state index contributed by atoms with van der Waals surface area (Å²) >= 11 is 6.16. The lowest BCUT2D eigenvalue weighted by atomic mass is 10.3. The predicted octanol–water partition coefficient (Wildman–Crippen LogP) is 4.63. The van der Waals surface area contributed by atoms with Gasteiger partial charge >= 0.3 is 5.97 Å². The van der Waals surface area contributed by atoms with Crippen LogP contribution in [-0.4, -0.2) is 21.2 Å². The third-order valence-corrected chi connectivity index (χ3v) is 5.06. The van der Waals surface area contributed by atoms with E-state index in [2.05, 4.69) is 31.1 Å². The molecule has 0 radical (unpaired) electrons. The lowest BCUT2D eigenvalue weighted by Gasteiger charge is -1.98. The lowest BCUT2D eigenvalue weighted by Crippen LogP contribution is -2.05. The van der Waals surface area contributed by atoms with E-state index >= 15 is 0 Å². The van der Waals surface area contributed by atoms with Crippen molar-refractivity contribution in [3.05, 3.63) is 50.6 Å². The average Bonchev–Trinajstić information content (AvgIpc) is 3.38. The Balaban J connectivity index is 1.40. The van der Waals surface area contributed by atoms with Gasteiger partial charge in [-0.15, -0.1) is 21.5 Å². The van der Waals surface area contributed by atoms with Gasteiger partial charge in [-0.05, 0) is 39.5 Å². The van der Waals surface area contributed by atoms with E-state index in [0.29, 0.717) is 10.4 Å². The molecule has 0 unspecified atom stereocenters. The molecule has 126 valence electrons. The Morgan fingerprint density at radius 1 is 1.20 bits per heavy atom. The van der Waals surface area contributed by atoms with Crippen LogP contribution in [0.1, 0.15) is 16.4 Å². The van der Waals surface area contributed by atoms with Gasteiger partial charge < -0.3 is 13.6 Å². The summed E-state index contributed by atoms with van der Waals surface area (Å²) in [4.78, 5) is 16.4. The molecule has 0 aliphatic carbocycles. The molecule has 0 aliphatic heterocycles. The van der Waals surface area contributed by atoms with Gasteiger partial charge in [0, 0.05) is 16.3 Å². The summed E-state index contributed by atoms with van der Waals surface area (Å²) in [5.74, 6) is 0.268. The van der Waals surface area contributed by atoms with Crippen molar-refractivity contribution in [1.29, 1.82) is 0 Å². The van der Waals surface area contributed by atoms with Gasteiger partial charge in [0.25, 0.3) is 11.8 Å². The van der Waals surface area contributed by atoms with E-state index in [1.807, 2.05) is 16.8 Å². The van der Waals surface area contributed by atoms with Gasteiger partial charge in [-0.1, -0.05) is 0 Å². The maximum Gasteiger partial charge on any atom is 0.358 e. The van der Waals surface area contributed by atoms with Gasteiger partial charge in [0.05, 0.1) is 0 Å². The molecule has 0 spiro atoms. The van der Waals surface area contributed by atoms with E-state index in [4.69, 9.17) is 13.6 Å². The van der Waals surface area contributed by atoms with E-state index in [0.717, 1.165) is 10.6 Å². The molecule has 7 nitrogen and oxygen atoms in total. The van der Waals surface area contributed by atoms with Crippen LogP contribution in [0.15, 0.2) is 47.8 Å². The number of thiazole rings is 1. The first-order valence-electron chi connectivity index (χ1n) is 6.92. The number of rotatable bonds is 5. The van der Waals surface area contributed by atoms with Crippen LogP contribution in [0.5, 0.6) is 0 Å². The Kier molecular flexibility index (Phi) is 4.47. The van der Waals surface area contributed by atoms with Crippen LogP contribution in [0.3, 0.4) is 0 Å². The average molecular weight is 438 g/mol. The zero-order chi connectivity index (χ0) is 17.2. The first-order valence-corrected chi connectivity index (χ1v) is 9.54. The Bertz CT molecular complexity index is 1010. The van der Waals surface area contributed by atoms with Crippen molar-refractivity contribution < 1.29 is 18.4 Å². The van der Waals surface area contributed by atoms with E-state index < -0.39 is 5.97 Å². The summed E-state index contributed by atoms with van der Waals surface area (Å²) in [5, 5.41) is 14.0.